The van der Waals surface area contributed by atoms with Gasteiger partial charge in [0.2, 0.25) is 10.0 Å². The number of aliphatic imine (C=N–C) groups is 1. The number of aromatic nitrogens is 1. The maximum absolute atomic E-state index is 11.4. The summed E-state index contributed by atoms with van der Waals surface area (Å²) >= 11 is 0. The Hall–Kier alpha value is -0.880. The summed E-state index contributed by atoms with van der Waals surface area (Å²) < 4.78 is 30.6. The van der Waals surface area contributed by atoms with Gasteiger partial charge in [0.25, 0.3) is 0 Å². The maximum Gasteiger partial charge on any atom is 0.211 e. The minimum atomic E-state index is -3.17. The summed E-state index contributed by atoms with van der Waals surface area (Å²) in [5, 5.41) is 10.3. The Balaban J connectivity index is 0.00000576. The van der Waals surface area contributed by atoms with Crippen molar-refractivity contribution in [2.24, 2.45) is 4.99 Å². The van der Waals surface area contributed by atoms with Crippen LogP contribution in [0.15, 0.2) is 9.52 Å². The number of nitrogens with zero attached hydrogens (tertiary/aromatic N) is 2. The average molecular weight is 487 g/mol. The molecule has 1 aromatic rings. The summed E-state index contributed by atoms with van der Waals surface area (Å²) in [6, 6.07) is 0. The van der Waals surface area contributed by atoms with E-state index in [0.29, 0.717) is 25.6 Å². The quantitative estimate of drug-likeness (QED) is 0.199. The predicted molar refractivity (Wildman–Crippen MR) is 111 cm³/mol. The summed E-state index contributed by atoms with van der Waals surface area (Å²) in [6.07, 6.45) is 1.58. The van der Waals surface area contributed by atoms with Crippen LogP contribution < -0.4 is 15.4 Å². The van der Waals surface area contributed by atoms with Crippen molar-refractivity contribution in [2.75, 3.05) is 25.4 Å². The van der Waals surface area contributed by atoms with E-state index in [-0.39, 0.29) is 29.7 Å². The Morgan fingerprint density at radius 3 is 2.40 bits per heavy atom. The monoisotopic (exact) mass is 487 g/mol. The molecular formula is C15H30IN5O3S. The van der Waals surface area contributed by atoms with Gasteiger partial charge in [-0.1, -0.05) is 19.0 Å². The smallest absolute Gasteiger partial charge is 0.211 e. The van der Waals surface area contributed by atoms with Gasteiger partial charge in [0.05, 0.1) is 18.0 Å². The molecule has 0 atom stereocenters. The molecule has 0 bridgehead atoms. The zero-order valence-electron chi connectivity index (χ0n) is 15.4. The first-order valence-electron chi connectivity index (χ1n) is 8.43. The van der Waals surface area contributed by atoms with Gasteiger partial charge in [0, 0.05) is 31.6 Å². The first-order valence-corrected chi connectivity index (χ1v) is 10.1. The highest BCUT2D eigenvalue weighted by molar-refractivity contribution is 14.0. The van der Waals surface area contributed by atoms with Gasteiger partial charge in [-0.3, -0.25) is 0 Å². The van der Waals surface area contributed by atoms with Crippen LogP contribution in [0, 0.1) is 0 Å². The number of rotatable bonds is 10. The van der Waals surface area contributed by atoms with Crippen molar-refractivity contribution >= 4 is 40.0 Å². The highest BCUT2D eigenvalue weighted by atomic mass is 127. The molecule has 146 valence electrons. The summed E-state index contributed by atoms with van der Waals surface area (Å²) in [7, 11) is -3.17. The van der Waals surface area contributed by atoms with Crippen LogP contribution in [0.25, 0.3) is 0 Å². The van der Waals surface area contributed by atoms with E-state index < -0.39 is 10.0 Å². The number of hydrogen-bond acceptors (Lipinski definition) is 5. The largest absolute Gasteiger partial charge is 0.361 e. The van der Waals surface area contributed by atoms with E-state index in [4.69, 9.17) is 4.52 Å². The van der Waals surface area contributed by atoms with Gasteiger partial charge in [-0.15, -0.1) is 24.0 Å². The van der Waals surface area contributed by atoms with Gasteiger partial charge in [-0.25, -0.2) is 18.1 Å². The third-order valence-corrected chi connectivity index (χ3v) is 4.87. The molecule has 1 heterocycles. The van der Waals surface area contributed by atoms with Crippen LogP contribution in [0.5, 0.6) is 0 Å². The number of nitrogens with one attached hydrogen (secondary N) is 3. The van der Waals surface area contributed by atoms with Crippen molar-refractivity contribution < 1.29 is 12.9 Å². The Morgan fingerprint density at radius 1 is 1.12 bits per heavy atom. The Bertz CT molecular complexity index is 610. The second-order valence-corrected chi connectivity index (χ2v) is 7.25. The molecule has 0 aromatic carbocycles. The Labute approximate surface area is 167 Å². The molecule has 8 nitrogen and oxygen atoms in total. The molecule has 1 rings (SSSR count). The number of halogens is 1. The third kappa shape index (κ3) is 8.36. The molecule has 25 heavy (non-hydrogen) atoms. The molecule has 0 aliphatic carbocycles. The normalized spacial score (nSPS) is 11.9. The minimum absolute atomic E-state index is 0. The number of aryl methyl sites for hydroxylation is 2. The van der Waals surface area contributed by atoms with E-state index in [2.05, 4.69) is 25.5 Å². The summed E-state index contributed by atoms with van der Waals surface area (Å²) in [5.41, 5.74) is 1.96. The van der Waals surface area contributed by atoms with Crippen LogP contribution in [-0.2, 0) is 29.4 Å². The molecular weight excluding hydrogens is 457 g/mol. The van der Waals surface area contributed by atoms with Crippen LogP contribution >= 0.6 is 24.0 Å². The predicted octanol–water partition coefficient (Wildman–Crippen LogP) is 1.41. The molecule has 0 radical (unpaired) electrons. The van der Waals surface area contributed by atoms with E-state index in [1.165, 1.54) is 0 Å². The molecule has 0 saturated carbocycles. The van der Waals surface area contributed by atoms with Crippen LogP contribution in [0.2, 0.25) is 0 Å². The van der Waals surface area contributed by atoms with Crippen molar-refractivity contribution in [3.05, 3.63) is 17.0 Å². The Kier molecular flexibility index (Phi) is 12.0. The average Bonchev–Trinajstić information content (AvgIpc) is 2.98. The zero-order chi connectivity index (χ0) is 18.0. The molecule has 0 spiro atoms. The molecule has 0 unspecified atom stereocenters. The van der Waals surface area contributed by atoms with Crippen molar-refractivity contribution in [1.82, 2.24) is 20.5 Å². The van der Waals surface area contributed by atoms with Gasteiger partial charge in [-0.2, -0.15) is 0 Å². The number of hydrogen-bond donors (Lipinski definition) is 3. The zero-order valence-corrected chi connectivity index (χ0v) is 18.5. The Morgan fingerprint density at radius 2 is 1.84 bits per heavy atom. The van der Waals surface area contributed by atoms with Crippen LogP contribution in [0.3, 0.4) is 0 Å². The molecule has 3 N–H and O–H groups in total. The lowest BCUT2D eigenvalue weighted by Gasteiger charge is -2.11. The first-order chi connectivity index (χ1) is 11.5. The van der Waals surface area contributed by atoms with Gasteiger partial charge in [0.1, 0.15) is 5.76 Å². The summed E-state index contributed by atoms with van der Waals surface area (Å²) in [5.74, 6) is 1.58. The number of guanidine groups is 1. The SMILES string of the molecule is CCNC(=NCc1c(CC)noc1CC)NCCNS(=O)(=O)CC.I. The van der Waals surface area contributed by atoms with E-state index in [1.54, 1.807) is 6.92 Å². The lowest BCUT2D eigenvalue weighted by molar-refractivity contribution is 0.380. The standard InChI is InChI=1S/C15H29N5O3S.HI/c1-5-13-12(14(6-2)23-20-13)11-18-15(16-7-3)17-9-10-19-24(21,22)8-4;/h19H,5-11H2,1-4H3,(H2,16,17,18);1H. The lowest BCUT2D eigenvalue weighted by atomic mass is 10.1. The van der Waals surface area contributed by atoms with Gasteiger partial charge in [0.15, 0.2) is 5.96 Å². The third-order valence-electron chi connectivity index (χ3n) is 3.47. The fraction of sp³-hybridized carbons (Fsp3) is 0.733. The van der Waals surface area contributed by atoms with Gasteiger partial charge >= 0.3 is 0 Å². The van der Waals surface area contributed by atoms with E-state index in [9.17, 15) is 8.42 Å². The molecule has 1 aromatic heterocycles. The van der Waals surface area contributed by atoms with Crippen LogP contribution in [0.4, 0.5) is 0 Å². The molecule has 0 aliphatic heterocycles. The van der Waals surface area contributed by atoms with Crippen molar-refractivity contribution in [2.45, 2.75) is 47.1 Å². The first kappa shape index (κ1) is 24.1. The van der Waals surface area contributed by atoms with Crippen LogP contribution in [-0.4, -0.2) is 44.9 Å². The van der Waals surface area contributed by atoms with Crippen LogP contribution in [0.1, 0.15) is 44.7 Å². The second-order valence-electron chi connectivity index (χ2n) is 5.16. The molecule has 0 amide bonds. The maximum atomic E-state index is 11.4. The second kappa shape index (κ2) is 12.5. The van der Waals surface area contributed by atoms with Crippen molar-refractivity contribution in [3.8, 4) is 0 Å². The highest BCUT2D eigenvalue weighted by Gasteiger charge is 2.13. The van der Waals surface area contributed by atoms with Gasteiger partial charge < -0.3 is 15.2 Å². The molecule has 0 fully saturated rings. The van der Waals surface area contributed by atoms with E-state index in [0.717, 1.165) is 36.4 Å². The van der Waals surface area contributed by atoms with E-state index in [1.807, 2.05) is 20.8 Å². The summed E-state index contributed by atoms with van der Waals surface area (Å²) in [4.78, 5) is 4.54. The van der Waals surface area contributed by atoms with Gasteiger partial charge in [-0.05, 0) is 20.3 Å². The lowest BCUT2D eigenvalue weighted by Crippen LogP contribution is -2.41. The highest BCUT2D eigenvalue weighted by Crippen LogP contribution is 2.16. The molecule has 10 heteroatoms. The molecule has 0 aliphatic rings. The number of sulfonamides is 1. The fourth-order valence-corrected chi connectivity index (χ4v) is 2.72. The van der Waals surface area contributed by atoms with E-state index >= 15 is 0 Å². The summed E-state index contributed by atoms with van der Waals surface area (Å²) in [6.45, 7) is 9.61. The fourth-order valence-electron chi connectivity index (χ4n) is 2.11. The minimum Gasteiger partial charge on any atom is -0.361 e. The molecule has 0 saturated heterocycles. The van der Waals surface area contributed by atoms with Crippen molar-refractivity contribution in [3.63, 3.8) is 0 Å². The topological polar surface area (TPSA) is 109 Å². The van der Waals surface area contributed by atoms with Crippen molar-refractivity contribution in [1.29, 1.82) is 0 Å².